The number of hydrogen-bond donors (Lipinski definition) is 1. The first-order valence-corrected chi connectivity index (χ1v) is 8.31. The fraction of sp³-hybridized carbons (Fsp3) is 0.167. The number of aromatic nitrogens is 2. The molecule has 0 saturated heterocycles. The van der Waals surface area contributed by atoms with E-state index in [1.54, 1.807) is 24.3 Å². The minimum atomic E-state index is -0.872. The van der Waals surface area contributed by atoms with Crippen LogP contribution in [-0.4, -0.2) is 32.5 Å². The van der Waals surface area contributed by atoms with Gasteiger partial charge >= 0.3 is 11.3 Å². The van der Waals surface area contributed by atoms with Crippen molar-refractivity contribution in [3.05, 3.63) is 57.5 Å². The number of aromatic amines is 1. The van der Waals surface area contributed by atoms with Crippen LogP contribution >= 0.6 is 11.6 Å². The number of nitrogens with zero attached hydrogens (tertiary/aromatic N) is 2. The molecule has 9 nitrogen and oxygen atoms in total. The zero-order valence-corrected chi connectivity index (χ0v) is 15.9. The highest BCUT2D eigenvalue weighted by Gasteiger charge is 2.24. The molecule has 1 N–H and O–H groups in total. The predicted molar refractivity (Wildman–Crippen MR) is 98.2 cm³/mol. The zero-order chi connectivity index (χ0) is 20.3. The number of H-pyrrole nitrogens is 1. The minimum absolute atomic E-state index is 0.139. The van der Waals surface area contributed by atoms with E-state index in [0.29, 0.717) is 17.2 Å². The van der Waals surface area contributed by atoms with Crippen LogP contribution in [0, 0.1) is 0 Å². The first-order chi connectivity index (χ1) is 13.5. The van der Waals surface area contributed by atoms with Crippen molar-refractivity contribution in [2.45, 2.75) is 0 Å². The summed E-state index contributed by atoms with van der Waals surface area (Å²) in [6, 6.07) is 9.53. The fourth-order valence-corrected chi connectivity index (χ4v) is 2.70. The maximum absolute atomic E-state index is 12.7. The van der Waals surface area contributed by atoms with Crippen molar-refractivity contribution < 1.29 is 28.5 Å². The first-order valence-electron chi connectivity index (χ1n) is 7.94. The van der Waals surface area contributed by atoms with Crippen LogP contribution in [0.1, 0.15) is 5.69 Å². The summed E-state index contributed by atoms with van der Waals surface area (Å²) in [5.74, 6) is 0.389. The van der Waals surface area contributed by atoms with Crippen LogP contribution in [0.2, 0.25) is 5.02 Å². The zero-order valence-electron chi connectivity index (χ0n) is 15.2. The molecular weight excluding hydrogens is 390 g/mol. The molecule has 0 fully saturated rings. The quantitative estimate of drug-likeness (QED) is 0.376. The van der Waals surface area contributed by atoms with Gasteiger partial charge in [0.05, 0.1) is 32.2 Å². The van der Waals surface area contributed by atoms with Crippen molar-refractivity contribution in [3.63, 3.8) is 0 Å². The molecule has 0 aliphatic carbocycles. The van der Waals surface area contributed by atoms with Crippen LogP contribution in [-0.2, 0) is 0 Å². The van der Waals surface area contributed by atoms with Crippen LogP contribution in [0.3, 0.4) is 0 Å². The van der Waals surface area contributed by atoms with Crippen LogP contribution in [0.25, 0.3) is 5.69 Å². The number of aliphatic imine (C=N–C) groups is 1. The molecule has 10 heteroatoms. The third-order valence-corrected chi connectivity index (χ3v) is 4.15. The minimum Gasteiger partial charge on any atom is -0.854 e. The lowest BCUT2D eigenvalue weighted by atomic mass is 10.2. The molecule has 0 amide bonds. The lowest BCUT2D eigenvalue weighted by Gasteiger charge is -2.11. The largest absolute Gasteiger partial charge is 0.854 e. The number of hydrogen-bond acceptors (Lipinski definition) is 7. The Labute approximate surface area is 164 Å². The van der Waals surface area contributed by atoms with Crippen LogP contribution in [0.15, 0.2) is 50.7 Å². The van der Waals surface area contributed by atoms with Crippen LogP contribution in [0.4, 0.5) is 5.69 Å². The highest BCUT2D eigenvalue weighted by Crippen LogP contribution is 2.37. The van der Waals surface area contributed by atoms with Gasteiger partial charge in [-0.05, 0) is 28.2 Å². The summed E-state index contributed by atoms with van der Waals surface area (Å²) < 4.78 is 21.4. The van der Waals surface area contributed by atoms with E-state index in [-0.39, 0.29) is 22.2 Å². The molecule has 0 spiro atoms. The Morgan fingerprint density at radius 3 is 2.39 bits per heavy atom. The molecule has 146 valence electrons. The average Bonchev–Trinajstić information content (AvgIpc) is 3.09. The molecule has 0 atom stereocenters. The molecule has 0 unspecified atom stereocenters. The number of nitrogens with one attached hydrogen (secondary N) is 1. The second kappa shape index (κ2) is 8.05. The number of methoxy groups -OCH3 is 3. The lowest BCUT2D eigenvalue weighted by molar-refractivity contribution is -0.673. The Bertz CT molecular complexity index is 1070. The topological polar surface area (TPSA) is 113 Å². The van der Waals surface area contributed by atoms with Gasteiger partial charge in [-0.15, -0.1) is 0 Å². The maximum atomic E-state index is 12.7. The molecule has 3 rings (SSSR count). The SMILES string of the molecule is COc1ccc(-[n+]2[nH]oc(=O)c2C([O-])=Nc2cc(Cl)c(OC)cc2OC)cc1. The highest BCUT2D eigenvalue weighted by molar-refractivity contribution is 6.32. The van der Waals surface area contributed by atoms with E-state index in [2.05, 4.69) is 10.3 Å². The normalized spacial score (nSPS) is 11.4. The average molecular weight is 406 g/mol. The number of benzene rings is 2. The van der Waals surface area contributed by atoms with Crippen molar-refractivity contribution in [1.29, 1.82) is 0 Å². The number of halogens is 1. The maximum Gasteiger partial charge on any atom is 0.436 e. The third kappa shape index (κ3) is 3.65. The van der Waals surface area contributed by atoms with Gasteiger partial charge in [-0.1, -0.05) is 11.6 Å². The smallest absolute Gasteiger partial charge is 0.436 e. The number of rotatable bonds is 6. The molecular formula is C18H16ClN3O6. The Kier molecular flexibility index (Phi) is 5.55. The second-order valence-corrected chi connectivity index (χ2v) is 5.85. The van der Waals surface area contributed by atoms with Crippen LogP contribution < -0.4 is 29.6 Å². The van der Waals surface area contributed by atoms with Gasteiger partial charge in [0, 0.05) is 18.2 Å². The summed E-state index contributed by atoms with van der Waals surface area (Å²) in [5, 5.41) is 15.3. The van der Waals surface area contributed by atoms with E-state index in [9.17, 15) is 9.90 Å². The first kappa shape index (κ1) is 19.3. The third-order valence-electron chi connectivity index (χ3n) is 3.86. The van der Waals surface area contributed by atoms with Gasteiger partial charge in [0.2, 0.25) is 5.69 Å². The monoisotopic (exact) mass is 405 g/mol. The molecule has 1 aromatic heterocycles. The fourth-order valence-electron chi connectivity index (χ4n) is 2.46. The molecule has 28 heavy (non-hydrogen) atoms. The molecule has 2 aromatic carbocycles. The van der Waals surface area contributed by atoms with Gasteiger partial charge < -0.3 is 19.3 Å². The predicted octanol–water partition coefficient (Wildman–Crippen LogP) is 1.36. The van der Waals surface area contributed by atoms with Crippen molar-refractivity contribution in [3.8, 4) is 22.9 Å². The molecule has 0 saturated carbocycles. The molecule has 3 aromatic rings. The van der Waals surface area contributed by atoms with E-state index in [0.717, 1.165) is 0 Å². The van der Waals surface area contributed by atoms with Crippen molar-refractivity contribution in [2.24, 2.45) is 4.99 Å². The standard InChI is InChI=1S/C18H16ClN3O6/c1-25-11-6-4-10(5-7-11)22-16(18(24)28-21-22)17(23)20-13-8-12(19)14(26-2)9-15(13)27-3/h4-9H,1-3H3,(H-,20,21,23,24). The van der Waals surface area contributed by atoms with Crippen molar-refractivity contribution in [2.75, 3.05) is 21.3 Å². The molecule has 1 heterocycles. The van der Waals surface area contributed by atoms with E-state index >= 15 is 0 Å². The Balaban J connectivity index is 2.08. The summed E-state index contributed by atoms with van der Waals surface area (Å²) in [5.41, 5.74) is -0.576. The lowest BCUT2D eigenvalue weighted by Crippen LogP contribution is -2.44. The van der Waals surface area contributed by atoms with E-state index in [4.69, 9.17) is 30.3 Å². The molecule has 0 bridgehead atoms. The Morgan fingerprint density at radius 1 is 1.11 bits per heavy atom. The van der Waals surface area contributed by atoms with Crippen LogP contribution in [0.5, 0.6) is 17.2 Å². The number of ether oxygens (including phenoxy) is 3. The molecule has 0 aliphatic heterocycles. The van der Waals surface area contributed by atoms with E-state index < -0.39 is 11.5 Å². The highest BCUT2D eigenvalue weighted by atomic mass is 35.5. The van der Waals surface area contributed by atoms with Crippen molar-refractivity contribution >= 4 is 23.2 Å². The van der Waals surface area contributed by atoms with Gasteiger partial charge in [-0.3, -0.25) is 9.52 Å². The van der Waals surface area contributed by atoms with Gasteiger partial charge in [-0.25, -0.2) is 4.79 Å². The second-order valence-electron chi connectivity index (χ2n) is 5.44. The summed E-state index contributed by atoms with van der Waals surface area (Å²) in [4.78, 5) is 16.0. The summed E-state index contributed by atoms with van der Waals surface area (Å²) in [6.45, 7) is 0. The summed E-state index contributed by atoms with van der Waals surface area (Å²) in [7, 11) is 4.39. The van der Waals surface area contributed by atoms with Gasteiger partial charge in [-0.2, -0.15) is 0 Å². The molecule has 0 radical (unpaired) electrons. The van der Waals surface area contributed by atoms with Gasteiger partial charge in [0.15, 0.2) is 0 Å². The van der Waals surface area contributed by atoms with E-state index in [1.807, 2.05) is 0 Å². The molecule has 0 aliphatic rings. The Morgan fingerprint density at radius 2 is 1.79 bits per heavy atom. The summed E-state index contributed by atoms with van der Waals surface area (Å²) in [6.07, 6.45) is 0. The summed E-state index contributed by atoms with van der Waals surface area (Å²) >= 11 is 6.10. The van der Waals surface area contributed by atoms with Crippen molar-refractivity contribution in [1.82, 2.24) is 5.27 Å². The van der Waals surface area contributed by atoms with E-state index in [1.165, 1.54) is 38.1 Å². The van der Waals surface area contributed by atoms with Gasteiger partial charge in [0.25, 0.3) is 0 Å². The Hall–Kier alpha value is -3.46. The van der Waals surface area contributed by atoms with Gasteiger partial charge in [0.1, 0.15) is 22.9 Å².